The van der Waals surface area contributed by atoms with Crippen LogP contribution in [0.5, 0.6) is 5.75 Å². The Labute approximate surface area is 98.3 Å². The molecule has 1 rings (SSSR count). The molecule has 0 bridgehead atoms. The second-order valence-corrected chi connectivity index (χ2v) is 3.57. The van der Waals surface area contributed by atoms with Crippen LogP contribution in [0.3, 0.4) is 0 Å². The lowest BCUT2D eigenvalue weighted by Gasteiger charge is -2.15. The van der Waals surface area contributed by atoms with Gasteiger partial charge in [-0.2, -0.15) is 8.78 Å². The standard InChI is InChI=1S/C12H15F3O2/c1-3-4-7-17-11-6-5-9(8-10(11)13)12(14,15)16-2/h5-6,8H,3-4,7H2,1-2H3. The van der Waals surface area contributed by atoms with Gasteiger partial charge in [-0.25, -0.2) is 4.39 Å². The van der Waals surface area contributed by atoms with E-state index in [4.69, 9.17) is 4.74 Å². The molecule has 0 unspecified atom stereocenters. The minimum atomic E-state index is -3.48. The third kappa shape index (κ3) is 3.63. The van der Waals surface area contributed by atoms with Crippen molar-refractivity contribution in [3.63, 3.8) is 0 Å². The van der Waals surface area contributed by atoms with Crippen LogP contribution in [0, 0.1) is 5.82 Å². The van der Waals surface area contributed by atoms with E-state index in [1.165, 1.54) is 6.07 Å². The molecule has 0 spiro atoms. The molecule has 0 fully saturated rings. The summed E-state index contributed by atoms with van der Waals surface area (Å²) in [5.41, 5.74) is -0.527. The van der Waals surface area contributed by atoms with Gasteiger partial charge in [0.15, 0.2) is 11.6 Å². The van der Waals surface area contributed by atoms with Crippen molar-refractivity contribution in [2.45, 2.75) is 25.9 Å². The lowest BCUT2D eigenvalue weighted by molar-refractivity contribution is -0.231. The summed E-state index contributed by atoms with van der Waals surface area (Å²) < 4.78 is 48.7. The summed E-state index contributed by atoms with van der Waals surface area (Å²) in [4.78, 5) is 0. The lowest BCUT2D eigenvalue weighted by Crippen LogP contribution is -2.16. The number of benzene rings is 1. The molecule has 1 aromatic carbocycles. The summed E-state index contributed by atoms with van der Waals surface area (Å²) in [6.45, 7) is 2.34. The molecular formula is C12H15F3O2. The molecule has 5 heteroatoms. The first-order valence-electron chi connectivity index (χ1n) is 5.37. The first-order chi connectivity index (χ1) is 8.01. The molecule has 0 aliphatic heterocycles. The van der Waals surface area contributed by atoms with Crippen LogP contribution in [0.15, 0.2) is 18.2 Å². The first-order valence-corrected chi connectivity index (χ1v) is 5.37. The van der Waals surface area contributed by atoms with E-state index in [0.29, 0.717) is 6.61 Å². The monoisotopic (exact) mass is 248 g/mol. The predicted octanol–water partition coefficient (Wildman–Crippen LogP) is 3.70. The molecule has 0 radical (unpaired) electrons. The number of hydrogen-bond donors (Lipinski definition) is 0. The summed E-state index contributed by atoms with van der Waals surface area (Å²) >= 11 is 0. The molecule has 2 nitrogen and oxygen atoms in total. The number of alkyl halides is 2. The zero-order valence-electron chi connectivity index (χ0n) is 9.80. The maximum Gasteiger partial charge on any atom is 0.383 e. The highest BCUT2D eigenvalue weighted by Gasteiger charge is 2.32. The maximum atomic E-state index is 13.4. The fraction of sp³-hybridized carbons (Fsp3) is 0.500. The minimum absolute atomic E-state index is 0.0193. The highest BCUT2D eigenvalue weighted by atomic mass is 19.3. The summed E-state index contributed by atoms with van der Waals surface area (Å²) in [5, 5.41) is 0. The molecular weight excluding hydrogens is 233 g/mol. The van der Waals surface area contributed by atoms with Gasteiger partial charge in [-0.05, 0) is 24.6 Å². The Kier molecular flexibility index (Phi) is 4.81. The number of rotatable bonds is 6. The Morgan fingerprint density at radius 3 is 2.53 bits per heavy atom. The van der Waals surface area contributed by atoms with Crippen LogP contribution in [-0.4, -0.2) is 13.7 Å². The van der Waals surface area contributed by atoms with Crippen molar-refractivity contribution in [2.24, 2.45) is 0 Å². The van der Waals surface area contributed by atoms with Crippen molar-refractivity contribution < 1.29 is 22.6 Å². The maximum absolute atomic E-state index is 13.4. The zero-order chi connectivity index (χ0) is 12.9. The molecule has 0 amide bonds. The van der Waals surface area contributed by atoms with Gasteiger partial charge in [-0.3, -0.25) is 0 Å². The molecule has 0 saturated carbocycles. The molecule has 0 aliphatic rings. The van der Waals surface area contributed by atoms with Crippen LogP contribution in [0.4, 0.5) is 13.2 Å². The molecule has 0 aliphatic carbocycles. The fourth-order valence-corrected chi connectivity index (χ4v) is 1.24. The summed E-state index contributed by atoms with van der Waals surface area (Å²) in [5.74, 6) is -0.829. The quantitative estimate of drug-likeness (QED) is 0.715. The Balaban J connectivity index is 2.79. The largest absolute Gasteiger partial charge is 0.491 e. The Bertz CT molecular complexity index is 367. The van der Waals surface area contributed by atoms with Gasteiger partial charge in [0.25, 0.3) is 0 Å². The van der Waals surface area contributed by atoms with Crippen molar-refractivity contribution in [2.75, 3.05) is 13.7 Å². The first kappa shape index (κ1) is 13.8. The second-order valence-electron chi connectivity index (χ2n) is 3.57. The molecule has 0 atom stereocenters. The summed E-state index contributed by atoms with van der Waals surface area (Å²) in [6.07, 6.45) is -1.78. The van der Waals surface area contributed by atoms with Crippen LogP contribution in [0.25, 0.3) is 0 Å². The van der Waals surface area contributed by atoms with Crippen LogP contribution in [-0.2, 0) is 10.8 Å². The Morgan fingerprint density at radius 1 is 1.29 bits per heavy atom. The Hall–Kier alpha value is -1.23. The highest BCUT2D eigenvalue weighted by molar-refractivity contribution is 5.30. The Morgan fingerprint density at radius 2 is 2.00 bits per heavy atom. The van der Waals surface area contributed by atoms with Crippen molar-refractivity contribution in [3.8, 4) is 5.75 Å². The molecule has 0 saturated heterocycles. The van der Waals surface area contributed by atoms with Crippen LogP contribution in [0.2, 0.25) is 0 Å². The molecule has 96 valence electrons. The number of methoxy groups -OCH3 is 1. The third-order valence-electron chi connectivity index (χ3n) is 2.28. The van der Waals surface area contributed by atoms with E-state index in [9.17, 15) is 13.2 Å². The average molecular weight is 248 g/mol. The molecule has 0 aromatic heterocycles. The van der Waals surface area contributed by atoms with Gasteiger partial charge in [0.1, 0.15) is 0 Å². The molecule has 17 heavy (non-hydrogen) atoms. The van der Waals surface area contributed by atoms with E-state index in [1.807, 2.05) is 6.92 Å². The van der Waals surface area contributed by atoms with E-state index in [0.717, 1.165) is 32.1 Å². The number of hydrogen-bond acceptors (Lipinski definition) is 2. The van der Waals surface area contributed by atoms with E-state index >= 15 is 0 Å². The van der Waals surface area contributed by atoms with E-state index in [-0.39, 0.29) is 5.75 Å². The summed E-state index contributed by atoms with van der Waals surface area (Å²) in [7, 11) is 0.865. The molecule has 0 N–H and O–H groups in total. The van der Waals surface area contributed by atoms with E-state index < -0.39 is 17.5 Å². The van der Waals surface area contributed by atoms with Gasteiger partial charge in [-0.15, -0.1) is 0 Å². The average Bonchev–Trinajstić information content (AvgIpc) is 2.31. The third-order valence-corrected chi connectivity index (χ3v) is 2.28. The highest BCUT2D eigenvalue weighted by Crippen LogP contribution is 2.31. The topological polar surface area (TPSA) is 18.5 Å². The second kappa shape index (κ2) is 5.91. The van der Waals surface area contributed by atoms with Gasteiger partial charge in [0.05, 0.1) is 12.2 Å². The lowest BCUT2D eigenvalue weighted by atomic mass is 10.2. The van der Waals surface area contributed by atoms with Gasteiger partial charge in [0.2, 0.25) is 0 Å². The molecule has 1 aromatic rings. The SMILES string of the molecule is CCCCOc1ccc(C(F)(F)OC)cc1F. The normalized spacial score (nSPS) is 11.6. The summed E-state index contributed by atoms with van der Waals surface area (Å²) in [6, 6.07) is 3.01. The smallest absolute Gasteiger partial charge is 0.383 e. The van der Waals surface area contributed by atoms with Gasteiger partial charge >= 0.3 is 6.11 Å². The van der Waals surface area contributed by atoms with Gasteiger partial charge in [-0.1, -0.05) is 13.3 Å². The fourth-order valence-electron chi connectivity index (χ4n) is 1.24. The van der Waals surface area contributed by atoms with Crippen molar-refractivity contribution in [1.29, 1.82) is 0 Å². The van der Waals surface area contributed by atoms with Gasteiger partial charge in [0, 0.05) is 7.11 Å². The van der Waals surface area contributed by atoms with Crippen molar-refractivity contribution in [1.82, 2.24) is 0 Å². The van der Waals surface area contributed by atoms with Crippen molar-refractivity contribution in [3.05, 3.63) is 29.6 Å². The van der Waals surface area contributed by atoms with Gasteiger partial charge < -0.3 is 9.47 Å². The number of ether oxygens (including phenoxy) is 2. The number of unbranched alkanes of at least 4 members (excludes halogenated alkanes) is 1. The number of halogens is 3. The molecule has 0 heterocycles. The van der Waals surface area contributed by atoms with Crippen LogP contribution < -0.4 is 4.74 Å². The zero-order valence-corrected chi connectivity index (χ0v) is 9.80. The van der Waals surface area contributed by atoms with E-state index in [2.05, 4.69) is 4.74 Å². The predicted molar refractivity (Wildman–Crippen MR) is 57.7 cm³/mol. The van der Waals surface area contributed by atoms with Crippen molar-refractivity contribution >= 4 is 0 Å². The van der Waals surface area contributed by atoms with Crippen LogP contribution >= 0.6 is 0 Å². The van der Waals surface area contributed by atoms with Crippen LogP contribution in [0.1, 0.15) is 25.3 Å². The minimum Gasteiger partial charge on any atom is -0.491 e. The van der Waals surface area contributed by atoms with E-state index in [1.54, 1.807) is 0 Å².